The van der Waals surface area contributed by atoms with Crippen LogP contribution < -0.4 is 4.90 Å². The zero-order chi connectivity index (χ0) is 22.1. The van der Waals surface area contributed by atoms with Gasteiger partial charge in [-0.3, -0.25) is 4.79 Å². The number of amides is 1. The predicted octanol–water partition coefficient (Wildman–Crippen LogP) is 6.99. The molecule has 7 heteroatoms. The number of allylic oxidation sites excluding steroid dienone is 2. The second-order valence-electron chi connectivity index (χ2n) is 6.99. The fourth-order valence-corrected chi connectivity index (χ4v) is 4.68. The molecule has 0 spiro atoms. The van der Waals surface area contributed by atoms with Crippen molar-refractivity contribution in [1.29, 1.82) is 0 Å². The summed E-state index contributed by atoms with van der Waals surface area (Å²) in [7, 11) is 0. The van der Waals surface area contributed by atoms with Crippen molar-refractivity contribution in [3.8, 4) is 0 Å². The lowest BCUT2D eigenvalue weighted by atomic mass is 10.2. The van der Waals surface area contributed by atoms with E-state index < -0.39 is 0 Å². The van der Waals surface area contributed by atoms with Gasteiger partial charge in [-0.25, -0.2) is 14.9 Å². The van der Waals surface area contributed by atoms with Crippen LogP contribution in [-0.4, -0.2) is 16.7 Å². The Bertz CT molecular complexity index is 1370. The van der Waals surface area contributed by atoms with Gasteiger partial charge in [-0.15, -0.1) is 0 Å². The monoisotopic (exact) mass is 475 g/mol. The average molecular weight is 476 g/mol. The summed E-state index contributed by atoms with van der Waals surface area (Å²) in [4.78, 5) is 24.2. The van der Waals surface area contributed by atoms with Gasteiger partial charge in [0, 0.05) is 5.56 Å². The molecule has 4 aromatic rings. The fraction of sp³-hybridized carbons (Fsp3) is 0. The van der Waals surface area contributed by atoms with Crippen LogP contribution in [0.1, 0.15) is 11.1 Å². The Morgan fingerprint density at radius 2 is 1.59 bits per heavy atom. The highest BCUT2D eigenvalue weighted by molar-refractivity contribution is 7.22. The molecule has 5 rings (SSSR count). The smallest absolute Gasteiger partial charge is 0.266 e. The van der Waals surface area contributed by atoms with Crippen LogP contribution in [0.5, 0.6) is 0 Å². The first-order valence-electron chi connectivity index (χ1n) is 9.78. The summed E-state index contributed by atoms with van der Waals surface area (Å²) in [6.45, 7) is 0. The van der Waals surface area contributed by atoms with E-state index in [-0.39, 0.29) is 5.91 Å². The zero-order valence-electron chi connectivity index (χ0n) is 16.6. The Kier molecular flexibility index (Phi) is 5.62. The summed E-state index contributed by atoms with van der Waals surface area (Å²) in [6.07, 6.45) is 5.48. The van der Waals surface area contributed by atoms with Crippen LogP contribution in [0.2, 0.25) is 10.0 Å². The van der Waals surface area contributed by atoms with Crippen molar-refractivity contribution in [2.75, 3.05) is 4.90 Å². The normalized spacial score (nSPS) is 15.3. The van der Waals surface area contributed by atoms with Gasteiger partial charge < -0.3 is 0 Å². The Balaban J connectivity index is 1.57. The van der Waals surface area contributed by atoms with Crippen LogP contribution in [0.3, 0.4) is 0 Å². The first-order valence-corrected chi connectivity index (χ1v) is 11.3. The first kappa shape index (κ1) is 20.6. The van der Waals surface area contributed by atoms with Gasteiger partial charge in [0.05, 0.1) is 20.3 Å². The maximum atomic E-state index is 13.4. The molecule has 0 unspecified atom stereocenters. The third-order valence-corrected chi connectivity index (χ3v) is 6.57. The Labute approximate surface area is 198 Å². The van der Waals surface area contributed by atoms with Crippen LogP contribution in [-0.2, 0) is 4.79 Å². The standard InChI is InChI=1S/C25H15Cl2N3OS/c26-18-14-21-22(15-19(18)27)32-25(29-21)30-23(17-11-5-2-6-12-17)28-20(24(30)31)13-7-10-16-8-3-1-4-9-16/h1-15H. The number of amidine groups is 1. The van der Waals surface area contributed by atoms with E-state index in [9.17, 15) is 4.79 Å². The average Bonchev–Trinajstić information content (AvgIpc) is 3.35. The molecule has 1 aliphatic rings. The molecule has 1 aliphatic heterocycles. The number of nitrogens with zero attached hydrogens (tertiary/aromatic N) is 3. The minimum absolute atomic E-state index is 0.238. The van der Waals surface area contributed by atoms with E-state index in [1.807, 2.05) is 72.8 Å². The van der Waals surface area contributed by atoms with Crippen molar-refractivity contribution in [3.05, 3.63) is 112 Å². The second kappa shape index (κ2) is 8.71. The number of hydrogen-bond donors (Lipinski definition) is 0. The number of aromatic nitrogens is 1. The van der Waals surface area contributed by atoms with E-state index in [4.69, 9.17) is 23.2 Å². The largest absolute Gasteiger partial charge is 0.284 e. The minimum Gasteiger partial charge on any atom is -0.266 e. The predicted molar refractivity (Wildman–Crippen MR) is 134 cm³/mol. The lowest BCUT2D eigenvalue weighted by Gasteiger charge is -2.14. The molecule has 4 nitrogen and oxygen atoms in total. The number of hydrogen-bond acceptors (Lipinski definition) is 4. The number of aliphatic imine (C=N–C) groups is 1. The van der Waals surface area contributed by atoms with E-state index in [0.29, 0.717) is 32.2 Å². The van der Waals surface area contributed by atoms with Gasteiger partial charge in [-0.05, 0) is 23.8 Å². The number of fused-ring (bicyclic) bond motifs is 1. The van der Waals surface area contributed by atoms with E-state index in [1.165, 1.54) is 11.3 Å². The zero-order valence-corrected chi connectivity index (χ0v) is 18.9. The van der Waals surface area contributed by atoms with Crippen molar-refractivity contribution in [2.45, 2.75) is 0 Å². The topological polar surface area (TPSA) is 45.6 Å². The van der Waals surface area contributed by atoms with Crippen molar-refractivity contribution in [3.63, 3.8) is 0 Å². The van der Waals surface area contributed by atoms with Gasteiger partial charge in [0.1, 0.15) is 11.5 Å². The number of benzene rings is 3. The number of rotatable bonds is 4. The second-order valence-corrected chi connectivity index (χ2v) is 8.82. The van der Waals surface area contributed by atoms with Gasteiger partial charge in [0.15, 0.2) is 5.13 Å². The van der Waals surface area contributed by atoms with Gasteiger partial charge in [-0.2, -0.15) is 0 Å². The van der Waals surface area contributed by atoms with E-state index in [1.54, 1.807) is 23.1 Å². The van der Waals surface area contributed by atoms with Crippen molar-refractivity contribution in [1.82, 2.24) is 4.98 Å². The Morgan fingerprint density at radius 3 is 2.34 bits per heavy atom. The maximum Gasteiger partial charge on any atom is 0.284 e. The van der Waals surface area contributed by atoms with Crippen LogP contribution >= 0.6 is 34.5 Å². The van der Waals surface area contributed by atoms with Gasteiger partial charge >= 0.3 is 0 Å². The molecule has 2 heterocycles. The molecule has 0 radical (unpaired) electrons. The van der Waals surface area contributed by atoms with Gasteiger partial charge in [0.25, 0.3) is 5.91 Å². The molecular formula is C25H15Cl2N3OS. The lowest BCUT2D eigenvalue weighted by Crippen LogP contribution is -2.32. The highest BCUT2D eigenvalue weighted by Gasteiger charge is 2.34. The van der Waals surface area contributed by atoms with E-state index in [0.717, 1.165) is 15.8 Å². The van der Waals surface area contributed by atoms with Crippen molar-refractivity contribution in [2.24, 2.45) is 4.99 Å². The molecule has 0 bridgehead atoms. The molecule has 3 aromatic carbocycles. The molecule has 0 saturated carbocycles. The number of thiazole rings is 1. The Morgan fingerprint density at radius 1 is 0.906 bits per heavy atom. The quantitative estimate of drug-likeness (QED) is 0.298. The molecule has 0 atom stereocenters. The summed E-state index contributed by atoms with van der Waals surface area (Å²) in [6, 6.07) is 22.9. The minimum atomic E-state index is -0.238. The molecule has 0 saturated heterocycles. The fourth-order valence-electron chi connectivity index (χ4n) is 3.31. The van der Waals surface area contributed by atoms with Crippen LogP contribution in [0.25, 0.3) is 16.3 Å². The van der Waals surface area contributed by atoms with Crippen LogP contribution in [0.15, 0.2) is 95.6 Å². The van der Waals surface area contributed by atoms with Gasteiger partial charge in [-0.1, -0.05) is 107 Å². The molecule has 156 valence electrons. The third kappa shape index (κ3) is 3.98. The molecule has 1 aromatic heterocycles. The molecule has 1 amide bonds. The van der Waals surface area contributed by atoms with Crippen molar-refractivity contribution < 1.29 is 4.79 Å². The number of anilines is 1. The lowest BCUT2D eigenvalue weighted by molar-refractivity contribution is -0.113. The van der Waals surface area contributed by atoms with E-state index in [2.05, 4.69) is 9.98 Å². The molecular weight excluding hydrogens is 461 g/mol. The number of halogens is 2. The van der Waals surface area contributed by atoms with E-state index >= 15 is 0 Å². The molecule has 32 heavy (non-hydrogen) atoms. The summed E-state index contributed by atoms with van der Waals surface area (Å²) in [5.74, 6) is 0.295. The van der Waals surface area contributed by atoms with Crippen molar-refractivity contribution >= 4 is 67.7 Å². The highest BCUT2D eigenvalue weighted by atomic mass is 35.5. The van der Waals surface area contributed by atoms with Gasteiger partial charge in [0.2, 0.25) is 0 Å². The maximum absolute atomic E-state index is 13.4. The number of carbonyl (C=O) groups excluding carboxylic acids is 1. The number of carbonyl (C=O) groups is 1. The summed E-state index contributed by atoms with van der Waals surface area (Å²) in [5.41, 5.74) is 2.89. The Hall–Kier alpha value is -3.25. The molecule has 0 fully saturated rings. The molecule has 0 aliphatic carbocycles. The first-order chi connectivity index (χ1) is 15.6. The molecule has 0 N–H and O–H groups in total. The third-order valence-electron chi connectivity index (χ3n) is 4.85. The SMILES string of the molecule is O=C1C(=CC=Cc2ccccc2)N=C(c2ccccc2)N1c1nc2cc(Cl)c(Cl)cc2s1. The summed E-state index contributed by atoms with van der Waals surface area (Å²) in [5, 5.41) is 1.39. The van der Waals surface area contributed by atoms with Crippen LogP contribution in [0, 0.1) is 0 Å². The summed E-state index contributed by atoms with van der Waals surface area (Å²) < 4.78 is 0.844. The van der Waals surface area contributed by atoms with Crippen LogP contribution in [0.4, 0.5) is 5.13 Å². The highest BCUT2D eigenvalue weighted by Crippen LogP contribution is 2.37. The summed E-state index contributed by atoms with van der Waals surface area (Å²) >= 11 is 13.7.